The highest BCUT2D eigenvalue weighted by atomic mass is 13.9. The third-order valence-electron chi connectivity index (χ3n) is 1.51. The highest BCUT2D eigenvalue weighted by molar-refractivity contribution is 5.71. The van der Waals surface area contributed by atoms with Crippen LogP contribution in [0.1, 0.15) is 12.5 Å². The summed E-state index contributed by atoms with van der Waals surface area (Å²) in [6, 6.07) is 10.2. The molecule has 0 unspecified atom stereocenters. The van der Waals surface area contributed by atoms with E-state index in [1.807, 2.05) is 37.3 Å². The summed E-state index contributed by atoms with van der Waals surface area (Å²) in [5.74, 6) is 0. The molecule has 0 heteroatoms. The Kier molecular flexibility index (Phi) is 2.67. The van der Waals surface area contributed by atoms with Gasteiger partial charge in [-0.2, -0.15) is 0 Å². The lowest BCUT2D eigenvalue weighted by molar-refractivity contribution is 1.62. The molecule has 0 spiro atoms. The summed E-state index contributed by atoms with van der Waals surface area (Å²) in [5.41, 5.74) is 2.25. The van der Waals surface area contributed by atoms with Crippen LogP contribution in [0.4, 0.5) is 0 Å². The topological polar surface area (TPSA) is 0 Å². The quantitative estimate of drug-likeness (QED) is 0.559. The summed E-state index contributed by atoms with van der Waals surface area (Å²) in [4.78, 5) is 0. The molecule has 0 N–H and O–H groups in total. The summed E-state index contributed by atoms with van der Waals surface area (Å²) < 4.78 is 0. The molecule has 0 radical (unpaired) electrons. The van der Waals surface area contributed by atoms with Crippen LogP contribution in [0.2, 0.25) is 0 Å². The SMILES string of the molecule is C=C(/C=C/C)c1ccccc1. The third-order valence-corrected chi connectivity index (χ3v) is 1.51. The number of hydrogen-bond donors (Lipinski definition) is 0. The molecule has 0 aliphatic rings. The minimum absolute atomic E-state index is 1.06. The molecule has 0 bridgehead atoms. The molecule has 0 nitrogen and oxygen atoms in total. The van der Waals surface area contributed by atoms with Crippen LogP contribution in [-0.4, -0.2) is 0 Å². The average Bonchev–Trinajstić information content (AvgIpc) is 2.07. The van der Waals surface area contributed by atoms with Gasteiger partial charge in [0.1, 0.15) is 0 Å². The molecule has 1 aromatic rings. The van der Waals surface area contributed by atoms with Crippen molar-refractivity contribution in [1.82, 2.24) is 0 Å². The summed E-state index contributed by atoms with van der Waals surface area (Å²) in [6.45, 7) is 5.92. The Labute approximate surface area is 67.9 Å². The van der Waals surface area contributed by atoms with E-state index in [0.29, 0.717) is 0 Å². The van der Waals surface area contributed by atoms with Gasteiger partial charge >= 0.3 is 0 Å². The summed E-state index contributed by atoms with van der Waals surface area (Å²) in [5, 5.41) is 0. The Morgan fingerprint density at radius 3 is 2.45 bits per heavy atom. The summed E-state index contributed by atoms with van der Waals surface area (Å²) >= 11 is 0. The van der Waals surface area contributed by atoms with Crippen LogP contribution in [0.15, 0.2) is 49.1 Å². The number of hydrogen-bond acceptors (Lipinski definition) is 0. The van der Waals surface area contributed by atoms with Gasteiger partial charge in [-0.1, -0.05) is 49.1 Å². The van der Waals surface area contributed by atoms with Crippen LogP contribution in [0.5, 0.6) is 0 Å². The molecule has 56 valence electrons. The Morgan fingerprint density at radius 2 is 1.91 bits per heavy atom. The van der Waals surface area contributed by atoms with Crippen molar-refractivity contribution in [2.24, 2.45) is 0 Å². The standard InChI is InChI=1S/C11H12/c1-3-7-10(2)11-8-5-4-6-9-11/h3-9H,2H2,1H3/b7-3+. The van der Waals surface area contributed by atoms with Gasteiger partial charge < -0.3 is 0 Å². The normalized spacial score (nSPS) is 10.3. The second-order valence-electron chi connectivity index (χ2n) is 2.39. The lowest BCUT2D eigenvalue weighted by atomic mass is 10.1. The fraction of sp³-hybridized carbons (Fsp3) is 0.0909. The second-order valence-corrected chi connectivity index (χ2v) is 2.39. The lowest BCUT2D eigenvalue weighted by Gasteiger charge is -1.97. The van der Waals surface area contributed by atoms with Crippen molar-refractivity contribution in [2.75, 3.05) is 0 Å². The molecule has 1 rings (SSSR count). The highest BCUT2D eigenvalue weighted by Crippen LogP contribution is 2.11. The van der Waals surface area contributed by atoms with Crippen molar-refractivity contribution >= 4 is 5.57 Å². The monoisotopic (exact) mass is 144 g/mol. The molecule has 1 aromatic carbocycles. The van der Waals surface area contributed by atoms with Crippen LogP contribution in [0.3, 0.4) is 0 Å². The van der Waals surface area contributed by atoms with Crippen molar-refractivity contribution in [3.05, 3.63) is 54.6 Å². The van der Waals surface area contributed by atoms with Gasteiger partial charge in [0.15, 0.2) is 0 Å². The molecule has 0 amide bonds. The maximum absolute atomic E-state index is 3.93. The molecule has 0 aromatic heterocycles. The molecule has 0 atom stereocenters. The van der Waals surface area contributed by atoms with E-state index < -0.39 is 0 Å². The van der Waals surface area contributed by atoms with Gasteiger partial charge in [-0.3, -0.25) is 0 Å². The van der Waals surface area contributed by atoms with E-state index in [-0.39, 0.29) is 0 Å². The maximum Gasteiger partial charge on any atom is -0.0190 e. The third kappa shape index (κ3) is 2.08. The molecule has 0 aliphatic carbocycles. The van der Waals surface area contributed by atoms with E-state index >= 15 is 0 Å². The van der Waals surface area contributed by atoms with Crippen LogP contribution in [0.25, 0.3) is 5.57 Å². The Morgan fingerprint density at radius 1 is 1.27 bits per heavy atom. The first kappa shape index (κ1) is 7.80. The van der Waals surface area contributed by atoms with E-state index in [1.165, 1.54) is 5.56 Å². The zero-order chi connectivity index (χ0) is 8.10. The largest absolute Gasteiger partial charge is 0.0912 e. The molecule has 0 saturated carbocycles. The molecular weight excluding hydrogens is 132 g/mol. The van der Waals surface area contributed by atoms with Crippen LogP contribution < -0.4 is 0 Å². The predicted molar refractivity (Wildman–Crippen MR) is 50.3 cm³/mol. The zero-order valence-corrected chi connectivity index (χ0v) is 6.75. The van der Waals surface area contributed by atoms with Gasteiger partial charge in [-0.05, 0) is 18.1 Å². The first-order valence-corrected chi connectivity index (χ1v) is 3.71. The van der Waals surface area contributed by atoms with Crippen molar-refractivity contribution in [2.45, 2.75) is 6.92 Å². The van der Waals surface area contributed by atoms with Gasteiger partial charge in [0.2, 0.25) is 0 Å². The van der Waals surface area contributed by atoms with Crippen LogP contribution in [0, 0.1) is 0 Å². The minimum atomic E-state index is 1.06. The van der Waals surface area contributed by atoms with Gasteiger partial charge in [0.05, 0.1) is 0 Å². The average molecular weight is 144 g/mol. The first-order chi connectivity index (χ1) is 5.34. The van der Waals surface area contributed by atoms with E-state index in [4.69, 9.17) is 0 Å². The van der Waals surface area contributed by atoms with Crippen molar-refractivity contribution in [3.63, 3.8) is 0 Å². The lowest BCUT2D eigenvalue weighted by Crippen LogP contribution is -1.75. The van der Waals surface area contributed by atoms with Gasteiger partial charge in [-0.15, -0.1) is 0 Å². The van der Waals surface area contributed by atoms with Crippen molar-refractivity contribution < 1.29 is 0 Å². The molecule has 0 heterocycles. The summed E-state index contributed by atoms with van der Waals surface area (Å²) in [6.07, 6.45) is 4.00. The van der Waals surface area contributed by atoms with E-state index in [0.717, 1.165) is 5.57 Å². The first-order valence-electron chi connectivity index (χ1n) is 3.71. The fourth-order valence-electron chi connectivity index (χ4n) is 0.950. The fourth-order valence-corrected chi connectivity index (χ4v) is 0.950. The van der Waals surface area contributed by atoms with E-state index in [2.05, 4.69) is 18.7 Å². The zero-order valence-electron chi connectivity index (χ0n) is 6.75. The Hall–Kier alpha value is -1.30. The minimum Gasteiger partial charge on any atom is -0.0912 e. The van der Waals surface area contributed by atoms with Crippen LogP contribution >= 0.6 is 0 Å². The second kappa shape index (κ2) is 3.77. The molecule has 11 heavy (non-hydrogen) atoms. The smallest absolute Gasteiger partial charge is 0.0190 e. The van der Waals surface area contributed by atoms with Crippen LogP contribution in [-0.2, 0) is 0 Å². The Bertz CT molecular complexity index is 255. The van der Waals surface area contributed by atoms with Gasteiger partial charge in [0, 0.05) is 0 Å². The van der Waals surface area contributed by atoms with E-state index in [1.54, 1.807) is 0 Å². The van der Waals surface area contributed by atoms with E-state index in [9.17, 15) is 0 Å². The summed E-state index contributed by atoms with van der Waals surface area (Å²) in [7, 11) is 0. The van der Waals surface area contributed by atoms with Crippen molar-refractivity contribution in [3.8, 4) is 0 Å². The number of rotatable bonds is 2. The molecule has 0 saturated heterocycles. The molecule has 0 fully saturated rings. The van der Waals surface area contributed by atoms with Gasteiger partial charge in [-0.25, -0.2) is 0 Å². The maximum atomic E-state index is 3.93. The molecule has 0 aliphatic heterocycles. The van der Waals surface area contributed by atoms with Gasteiger partial charge in [0.25, 0.3) is 0 Å². The molecular formula is C11H12. The Balaban J connectivity index is 2.86. The number of allylic oxidation sites excluding steroid dienone is 3. The number of benzene rings is 1. The predicted octanol–water partition coefficient (Wildman–Crippen LogP) is 3.28. The highest BCUT2D eigenvalue weighted by Gasteiger charge is 1.89. The van der Waals surface area contributed by atoms with Crippen molar-refractivity contribution in [1.29, 1.82) is 0 Å².